The third-order valence-electron chi connectivity index (χ3n) is 2.88. The highest BCUT2D eigenvalue weighted by atomic mass is 32.2. The van der Waals surface area contributed by atoms with Crippen LogP contribution in [-0.4, -0.2) is 47.0 Å². The molecule has 0 aliphatic rings. The molecule has 0 bridgehead atoms. The molecule has 0 unspecified atom stereocenters. The van der Waals surface area contributed by atoms with E-state index < -0.39 is 4.92 Å². The standard InChI is InChI=1S/C14H16N4O5S/c1-22-7-3-6-15-12(19)9-24-14-17-16-13(23-14)10-4-2-5-11(8-10)18(20)21/h2,4-5,8H,3,6-7,9H2,1H3,(H,15,19). The summed E-state index contributed by atoms with van der Waals surface area (Å²) < 4.78 is 10.3. The second-order valence-electron chi connectivity index (χ2n) is 4.67. The number of aromatic nitrogens is 2. The lowest BCUT2D eigenvalue weighted by molar-refractivity contribution is -0.384. The van der Waals surface area contributed by atoms with Crippen molar-refractivity contribution in [1.82, 2.24) is 15.5 Å². The van der Waals surface area contributed by atoms with E-state index in [0.717, 1.165) is 18.2 Å². The van der Waals surface area contributed by atoms with Crippen LogP contribution in [0.2, 0.25) is 0 Å². The van der Waals surface area contributed by atoms with Crippen LogP contribution in [0.4, 0.5) is 5.69 Å². The molecule has 0 atom stereocenters. The van der Waals surface area contributed by atoms with Crippen molar-refractivity contribution in [3.63, 3.8) is 0 Å². The molecule has 0 radical (unpaired) electrons. The first-order valence-electron chi connectivity index (χ1n) is 7.07. The first kappa shape index (κ1) is 17.9. The molecule has 10 heteroatoms. The van der Waals surface area contributed by atoms with Gasteiger partial charge in [-0.15, -0.1) is 10.2 Å². The van der Waals surface area contributed by atoms with E-state index in [-0.39, 0.29) is 28.5 Å². The van der Waals surface area contributed by atoms with Crippen LogP contribution in [0.15, 0.2) is 33.9 Å². The number of benzene rings is 1. The number of thioether (sulfide) groups is 1. The third-order valence-corrected chi connectivity index (χ3v) is 3.70. The highest BCUT2D eigenvalue weighted by Gasteiger charge is 2.14. The predicted molar refractivity (Wildman–Crippen MR) is 86.6 cm³/mol. The maximum Gasteiger partial charge on any atom is 0.277 e. The summed E-state index contributed by atoms with van der Waals surface area (Å²) in [6.45, 7) is 1.12. The molecule has 1 aromatic heterocycles. The van der Waals surface area contributed by atoms with E-state index in [1.807, 2.05) is 0 Å². The van der Waals surface area contributed by atoms with Crippen LogP contribution in [0.5, 0.6) is 0 Å². The average Bonchev–Trinajstić information content (AvgIpc) is 3.06. The number of hydrogen-bond donors (Lipinski definition) is 1. The summed E-state index contributed by atoms with van der Waals surface area (Å²) in [5.41, 5.74) is 0.392. The summed E-state index contributed by atoms with van der Waals surface area (Å²) in [5.74, 6) is 0.164. The van der Waals surface area contributed by atoms with E-state index in [1.165, 1.54) is 18.2 Å². The van der Waals surface area contributed by atoms with Gasteiger partial charge in [-0.1, -0.05) is 17.8 Å². The van der Waals surface area contributed by atoms with Crippen LogP contribution < -0.4 is 5.32 Å². The van der Waals surface area contributed by atoms with Crippen LogP contribution in [0, 0.1) is 10.1 Å². The van der Waals surface area contributed by atoms with Crippen molar-refractivity contribution in [2.24, 2.45) is 0 Å². The van der Waals surface area contributed by atoms with Gasteiger partial charge in [-0.05, 0) is 12.5 Å². The molecule has 0 fully saturated rings. The number of rotatable bonds is 9. The second kappa shape index (κ2) is 8.99. The van der Waals surface area contributed by atoms with Gasteiger partial charge < -0.3 is 14.5 Å². The van der Waals surface area contributed by atoms with Gasteiger partial charge in [-0.3, -0.25) is 14.9 Å². The molecular formula is C14H16N4O5S. The molecule has 1 amide bonds. The summed E-state index contributed by atoms with van der Waals surface area (Å²) in [6.07, 6.45) is 0.740. The second-order valence-corrected chi connectivity index (χ2v) is 5.59. The third kappa shape index (κ3) is 5.32. The summed E-state index contributed by atoms with van der Waals surface area (Å²) in [4.78, 5) is 21.9. The van der Waals surface area contributed by atoms with Gasteiger partial charge in [0, 0.05) is 38.0 Å². The summed E-state index contributed by atoms with van der Waals surface area (Å²) in [5, 5.41) is 21.4. The van der Waals surface area contributed by atoms with E-state index in [1.54, 1.807) is 13.2 Å². The van der Waals surface area contributed by atoms with E-state index in [4.69, 9.17) is 9.15 Å². The number of amides is 1. The van der Waals surface area contributed by atoms with Gasteiger partial charge in [0.1, 0.15) is 0 Å². The number of carbonyl (C=O) groups excluding carboxylic acids is 1. The van der Waals surface area contributed by atoms with E-state index in [9.17, 15) is 14.9 Å². The van der Waals surface area contributed by atoms with Crippen LogP contribution in [0.1, 0.15) is 6.42 Å². The molecule has 128 valence electrons. The number of nitro benzene ring substituents is 1. The highest BCUT2D eigenvalue weighted by Crippen LogP contribution is 2.25. The Morgan fingerprint density at radius 1 is 1.46 bits per heavy atom. The summed E-state index contributed by atoms with van der Waals surface area (Å²) >= 11 is 1.10. The van der Waals surface area contributed by atoms with E-state index in [2.05, 4.69) is 15.5 Å². The van der Waals surface area contributed by atoms with Gasteiger partial charge in [-0.25, -0.2) is 0 Å². The number of carbonyl (C=O) groups is 1. The fourth-order valence-corrected chi connectivity index (χ4v) is 2.35. The molecule has 0 saturated heterocycles. The largest absolute Gasteiger partial charge is 0.411 e. The molecule has 0 saturated carbocycles. The quantitative estimate of drug-likeness (QED) is 0.314. The van der Waals surface area contributed by atoms with Crippen molar-refractivity contribution in [3.8, 4) is 11.5 Å². The number of ether oxygens (including phenoxy) is 1. The average molecular weight is 352 g/mol. The zero-order valence-corrected chi connectivity index (χ0v) is 13.7. The van der Waals surface area contributed by atoms with Crippen LogP contribution in [0.3, 0.4) is 0 Å². The predicted octanol–water partition coefficient (Wildman–Crippen LogP) is 1.89. The first-order valence-corrected chi connectivity index (χ1v) is 8.05. The van der Waals surface area contributed by atoms with Gasteiger partial charge in [-0.2, -0.15) is 0 Å². The number of nitrogens with one attached hydrogen (secondary N) is 1. The van der Waals surface area contributed by atoms with Gasteiger partial charge >= 0.3 is 0 Å². The number of hydrogen-bond acceptors (Lipinski definition) is 8. The van der Waals surface area contributed by atoms with Crippen LogP contribution in [0.25, 0.3) is 11.5 Å². The molecule has 9 nitrogen and oxygen atoms in total. The molecule has 2 rings (SSSR count). The van der Waals surface area contributed by atoms with Crippen molar-refractivity contribution < 1.29 is 18.9 Å². The molecule has 24 heavy (non-hydrogen) atoms. The topological polar surface area (TPSA) is 120 Å². The fourth-order valence-electron chi connectivity index (χ4n) is 1.76. The minimum Gasteiger partial charge on any atom is -0.411 e. The molecule has 1 N–H and O–H groups in total. The molecule has 2 aromatic rings. The van der Waals surface area contributed by atoms with Crippen molar-refractivity contribution in [3.05, 3.63) is 34.4 Å². The monoisotopic (exact) mass is 352 g/mol. The zero-order chi connectivity index (χ0) is 17.4. The maximum atomic E-state index is 11.6. The molecule has 0 spiro atoms. The molecular weight excluding hydrogens is 336 g/mol. The Balaban J connectivity index is 1.88. The van der Waals surface area contributed by atoms with E-state index >= 15 is 0 Å². The van der Waals surface area contributed by atoms with Crippen LogP contribution >= 0.6 is 11.8 Å². The number of nitro groups is 1. The Labute approximate surface area is 141 Å². The van der Waals surface area contributed by atoms with Gasteiger partial charge in [0.15, 0.2) is 0 Å². The Bertz CT molecular complexity index is 706. The number of methoxy groups -OCH3 is 1. The van der Waals surface area contributed by atoms with Crippen LogP contribution in [-0.2, 0) is 9.53 Å². The lowest BCUT2D eigenvalue weighted by Gasteiger charge is -2.02. The van der Waals surface area contributed by atoms with Crippen molar-refractivity contribution in [2.75, 3.05) is 26.0 Å². The Hall–Kier alpha value is -2.46. The Kier molecular flexibility index (Phi) is 6.70. The molecule has 1 heterocycles. The number of nitrogens with zero attached hydrogens (tertiary/aromatic N) is 3. The highest BCUT2D eigenvalue weighted by molar-refractivity contribution is 7.99. The molecule has 0 aliphatic carbocycles. The van der Waals surface area contributed by atoms with Crippen molar-refractivity contribution in [1.29, 1.82) is 0 Å². The Morgan fingerprint density at radius 3 is 3.04 bits per heavy atom. The maximum absolute atomic E-state index is 11.6. The fraction of sp³-hybridized carbons (Fsp3) is 0.357. The zero-order valence-electron chi connectivity index (χ0n) is 12.9. The number of non-ortho nitro benzene ring substituents is 1. The SMILES string of the molecule is COCCCNC(=O)CSc1nnc(-c2cccc([N+](=O)[O-])c2)o1. The normalized spacial score (nSPS) is 10.5. The minimum absolute atomic E-state index is 0.0599. The van der Waals surface area contributed by atoms with Gasteiger partial charge in [0.2, 0.25) is 11.8 Å². The summed E-state index contributed by atoms with van der Waals surface area (Å²) in [6, 6.07) is 5.91. The van der Waals surface area contributed by atoms with Gasteiger partial charge in [0.25, 0.3) is 10.9 Å². The van der Waals surface area contributed by atoms with E-state index in [0.29, 0.717) is 18.7 Å². The van der Waals surface area contributed by atoms with Crippen molar-refractivity contribution in [2.45, 2.75) is 11.6 Å². The smallest absolute Gasteiger partial charge is 0.277 e. The van der Waals surface area contributed by atoms with Gasteiger partial charge in [0.05, 0.1) is 10.7 Å². The summed E-state index contributed by atoms with van der Waals surface area (Å²) in [7, 11) is 1.60. The minimum atomic E-state index is -0.497. The molecule has 0 aliphatic heterocycles. The Morgan fingerprint density at radius 2 is 2.29 bits per heavy atom. The van der Waals surface area contributed by atoms with Crippen molar-refractivity contribution >= 4 is 23.4 Å². The first-order chi connectivity index (χ1) is 11.6. The molecule has 1 aromatic carbocycles. The lowest BCUT2D eigenvalue weighted by Crippen LogP contribution is -2.26. The lowest BCUT2D eigenvalue weighted by atomic mass is 10.2.